The van der Waals surface area contributed by atoms with Gasteiger partial charge in [0.15, 0.2) is 0 Å². The highest BCUT2D eigenvalue weighted by molar-refractivity contribution is 5.82. The number of anilines is 1. The Hall–Kier alpha value is -2.21. The number of hydrogen-bond donors (Lipinski definition) is 1. The van der Waals surface area contributed by atoms with Crippen molar-refractivity contribution in [1.82, 2.24) is 4.98 Å². The standard InChI is InChI=1S/C13H13N3O3/c17-11-5-6-15(8-11)13-4-1-9-7-10(16(18)19)2-3-12(9)14-13/h1-4,7,11,17H,5-6,8H2. The number of nitro groups is 1. The Labute approximate surface area is 109 Å². The molecule has 0 amide bonds. The van der Waals surface area contributed by atoms with Gasteiger partial charge in [0.1, 0.15) is 5.82 Å². The highest BCUT2D eigenvalue weighted by atomic mass is 16.6. The molecule has 1 aromatic heterocycles. The maximum Gasteiger partial charge on any atom is 0.270 e. The van der Waals surface area contributed by atoms with E-state index in [4.69, 9.17) is 0 Å². The summed E-state index contributed by atoms with van der Waals surface area (Å²) in [4.78, 5) is 16.8. The molecule has 0 bridgehead atoms. The third kappa shape index (κ3) is 2.22. The van der Waals surface area contributed by atoms with Gasteiger partial charge in [0.25, 0.3) is 5.69 Å². The van der Waals surface area contributed by atoms with Crippen LogP contribution in [0.25, 0.3) is 10.9 Å². The second kappa shape index (κ2) is 4.47. The van der Waals surface area contributed by atoms with Gasteiger partial charge in [0.2, 0.25) is 0 Å². The molecular weight excluding hydrogens is 246 g/mol. The number of nitrogens with zero attached hydrogens (tertiary/aromatic N) is 3. The summed E-state index contributed by atoms with van der Waals surface area (Å²) in [5, 5.41) is 21.0. The van der Waals surface area contributed by atoms with Crippen LogP contribution >= 0.6 is 0 Å². The topological polar surface area (TPSA) is 79.5 Å². The van der Waals surface area contributed by atoms with Crippen LogP contribution in [0.2, 0.25) is 0 Å². The fourth-order valence-corrected chi connectivity index (χ4v) is 2.34. The van der Waals surface area contributed by atoms with E-state index in [0.29, 0.717) is 6.54 Å². The largest absolute Gasteiger partial charge is 0.391 e. The van der Waals surface area contributed by atoms with Gasteiger partial charge in [-0.15, -0.1) is 0 Å². The average molecular weight is 259 g/mol. The molecule has 3 rings (SSSR count). The maximum atomic E-state index is 10.7. The smallest absolute Gasteiger partial charge is 0.270 e. The van der Waals surface area contributed by atoms with Crippen LogP contribution in [0.15, 0.2) is 30.3 Å². The Morgan fingerprint density at radius 2 is 2.21 bits per heavy atom. The van der Waals surface area contributed by atoms with Crippen LogP contribution in [-0.2, 0) is 0 Å². The number of aliphatic hydroxyl groups excluding tert-OH is 1. The minimum atomic E-state index is -0.413. The van der Waals surface area contributed by atoms with Crippen molar-refractivity contribution in [3.05, 3.63) is 40.4 Å². The van der Waals surface area contributed by atoms with Crippen LogP contribution in [0.5, 0.6) is 0 Å². The third-order valence-electron chi connectivity index (χ3n) is 3.36. The van der Waals surface area contributed by atoms with Crippen LogP contribution in [0.4, 0.5) is 11.5 Å². The molecule has 0 saturated carbocycles. The van der Waals surface area contributed by atoms with Gasteiger partial charge in [-0.1, -0.05) is 0 Å². The Balaban J connectivity index is 1.97. The Kier molecular flexibility index (Phi) is 2.79. The molecule has 1 N–H and O–H groups in total. The summed E-state index contributed by atoms with van der Waals surface area (Å²) in [5.41, 5.74) is 0.795. The van der Waals surface area contributed by atoms with E-state index < -0.39 is 4.92 Å². The number of β-amino-alcohol motifs (C(OH)–C–C–N with tert-alkyl or cyclic N) is 1. The highest BCUT2D eigenvalue weighted by Gasteiger charge is 2.21. The summed E-state index contributed by atoms with van der Waals surface area (Å²) in [6.07, 6.45) is 0.453. The van der Waals surface area contributed by atoms with Crippen LogP contribution in [-0.4, -0.2) is 34.2 Å². The lowest BCUT2D eigenvalue weighted by Gasteiger charge is -2.16. The van der Waals surface area contributed by atoms with E-state index in [1.807, 2.05) is 17.0 Å². The van der Waals surface area contributed by atoms with Crippen molar-refractivity contribution in [2.45, 2.75) is 12.5 Å². The molecule has 0 spiro atoms. The third-order valence-corrected chi connectivity index (χ3v) is 3.36. The number of nitro benzene ring substituents is 1. The Bertz CT molecular complexity index is 644. The van der Waals surface area contributed by atoms with Crippen molar-refractivity contribution in [2.75, 3.05) is 18.0 Å². The molecule has 6 nitrogen and oxygen atoms in total. The summed E-state index contributed by atoms with van der Waals surface area (Å²) >= 11 is 0. The molecule has 98 valence electrons. The SMILES string of the molecule is O=[N+]([O-])c1ccc2nc(N3CCC(O)C3)ccc2c1. The number of hydrogen-bond acceptors (Lipinski definition) is 5. The number of pyridine rings is 1. The van der Waals surface area contributed by atoms with Crippen molar-refractivity contribution in [1.29, 1.82) is 0 Å². The molecular formula is C13H13N3O3. The Morgan fingerprint density at radius 3 is 2.89 bits per heavy atom. The van der Waals surface area contributed by atoms with Crippen LogP contribution in [0, 0.1) is 10.1 Å². The van der Waals surface area contributed by atoms with Gasteiger partial charge in [-0.2, -0.15) is 0 Å². The molecule has 1 unspecified atom stereocenters. The number of benzene rings is 1. The molecule has 0 radical (unpaired) electrons. The van der Waals surface area contributed by atoms with Crippen molar-refractivity contribution >= 4 is 22.4 Å². The minimum absolute atomic E-state index is 0.0682. The second-order valence-electron chi connectivity index (χ2n) is 4.69. The summed E-state index contributed by atoms with van der Waals surface area (Å²) < 4.78 is 0. The van der Waals surface area contributed by atoms with Gasteiger partial charge in [-0.3, -0.25) is 10.1 Å². The van der Waals surface area contributed by atoms with Gasteiger partial charge in [0, 0.05) is 30.6 Å². The van der Waals surface area contributed by atoms with Gasteiger partial charge >= 0.3 is 0 Å². The zero-order valence-corrected chi connectivity index (χ0v) is 10.2. The van der Waals surface area contributed by atoms with E-state index in [-0.39, 0.29) is 11.8 Å². The predicted molar refractivity (Wildman–Crippen MR) is 71.2 cm³/mol. The van der Waals surface area contributed by atoms with Crippen molar-refractivity contribution in [3.8, 4) is 0 Å². The zero-order valence-electron chi connectivity index (χ0n) is 10.2. The lowest BCUT2D eigenvalue weighted by atomic mass is 10.2. The van der Waals surface area contributed by atoms with E-state index in [1.54, 1.807) is 6.07 Å². The van der Waals surface area contributed by atoms with E-state index in [2.05, 4.69) is 4.98 Å². The number of rotatable bonds is 2. The fraction of sp³-hybridized carbons (Fsp3) is 0.308. The first-order valence-electron chi connectivity index (χ1n) is 6.12. The molecule has 1 saturated heterocycles. The van der Waals surface area contributed by atoms with E-state index >= 15 is 0 Å². The van der Waals surface area contributed by atoms with Gasteiger partial charge < -0.3 is 10.0 Å². The lowest BCUT2D eigenvalue weighted by Crippen LogP contribution is -2.22. The average Bonchev–Trinajstić information content (AvgIpc) is 2.84. The molecule has 1 aliphatic heterocycles. The monoisotopic (exact) mass is 259 g/mol. The van der Waals surface area contributed by atoms with Crippen molar-refractivity contribution in [2.24, 2.45) is 0 Å². The number of aliphatic hydroxyl groups is 1. The first-order valence-corrected chi connectivity index (χ1v) is 6.12. The zero-order chi connectivity index (χ0) is 13.4. The summed E-state index contributed by atoms with van der Waals surface area (Å²) in [5.74, 6) is 0.804. The van der Waals surface area contributed by atoms with Gasteiger partial charge in [-0.25, -0.2) is 4.98 Å². The molecule has 0 aliphatic carbocycles. The molecule has 1 aliphatic rings. The van der Waals surface area contributed by atoms with Crippen molar-refractivity contribution < 1.29 is 10.0 Å². The van der Waals surface area contributed by atoms with Crippen LogP contribution in [0.3, 0.4) is 0 Å². The number of fused-ring (bicyclic) bond motifs is 1. The van der Waals surface area contributed by atoms with Crippen LogP contribution in [0.1, 0.15) is 6.42 Å². The number of non-ortho nitro benzene ring substituents is 1. The summed E-state index contributed by atoms with van der Waals surface area (Å²) in [7, 11) is 0. The predicted octanol–water partition coefficient (Wildman–Crippen LogP) is 1.71. The normalized spacial score (nSPS) is 19.0. The minimum Gasteiger partial charge on any atom is -0.391 e. The molecule has 2 aromatic rings. The van der Waals surface area contributed by atoms with Gasteiger partial charge in [0.05, 0.1) is 16.5 Å². The first-order chi connectivity index (χ1) is 9.13. The molecule has 6 heteroatoms. The van der Waals surface area contributed by atoms with E-state index in [0.717, 1.165) is 29.7 Å². The summed E-state index contributed by atoms with van der Waals surface area (Å²) in [6, 6.07) is 8.30. The quantitative estimate of drug-likeness (QED) is 0.656. The molecule has 1 fully saturated rings. The van der Waals surface area contributed by atoms with Crippen LogP contribution < -0.4 is 4.90 Å². The summed E-state index contributed by atoms with van der Waals surface area (Å²) in [6.45, 7) is 1.37. The number of aromatic nitrogens is 1. The van der Waals surface area contributed by atoms with Gasteiger partial charge in [-0.05, 0) is 24.6 Å². The molecule has 1 aromatic carbocycles. The molecule has 2 heterocycles. The fourth-order valence-electron chi connectivity index (χ4n) is 2.34. The van der Waals surface area contributed by atoms with E-state index in [1.165, 1.54) is 12.1 Å². The Morgan fingerprint density at radius 1 is 1.37 bits per heavy atom. The molecule has 1 atom stereocenters. The van der Waals surface area contributed by atoms with E-state index in [9.17, 15) is 15.2 Å². The maximum absolute atomic E-state index is 10.7. The van der Waals surface area contributed by atoms with Crippen molar-refractivity contribution in [3.63, 3.8) is 0 Å². The first kappa shape index (κ1) is 11.9. The second-order valence-corrected chi connectivity index (χ2v) is 4.69. The highest BCUT2D eigenvalue weighted by Crippen LogP contribution is 2.24. The lowest BCUT2D eigenvalue weighted by molar-refractivity contribution is -0.384. The molecule has 19 heavy (non-hydrogen) atoms.